The van der Waals surface area contributed by atoms with E-state index in [1.165, 1.54) is 23.7 Å². The Balaban J connectivity index is 2.53. The van der Waals surface area contributed by atoms with Crippen molar-refractivity contribution in [3.63, 3.8) is 0 Å². The molecule has 0 aromatic heterocycles. The molecule has 104 valence electrons. The van der Waals surface area contributed by atoms with Crippen LogP contribution in [0.5, 0.6) is 0 Å². The normalized spacial score (nSPS) is 12.6. The lowest BCUT2D eigenvalue weighted by Gasteiger charge is -2.20. The monoisotopic (exact) mass is 336 g/mol. The first-order chi connectivity index (χ1) is 9.15. The van der Waals surface area contributed by atoms with Crippen LogP contribution in [0.25, 0.3) is 0 Å². The lowest BCUT2D eigenvalue weighted by molar-refractivity contribution is 0.879. The molecular weight excluding hydrogens is 312 g/mol. The number of alkyl halides is 1. The van der Waals surface area contributed by atoms with Crippen LogP contribution < -0.4 is 0 Å². The molecule has 2 heteroatoms. The summed E-state index contributed by atoms with van der Waals surface area (Å²) in [6, 6.07) is 14.5. The molecule has 0 amide bonds. The van der Waals surface area contributed by atoms with Crippen molar-refractivity contribution in [1.82, 2.24) is 0 Å². The van der Waals surface area contributed by atoms with E-state index in [4.69, 9.17) is 0 Å². The number of aryl methyl sites for hydroxylation is 1. The molecule has 0 aliphatic carbocycles. The first kappa shape index (κ1) is 16.5. The quantitative estimate of drug-likeness (QED) is 0.369. The number of benzene rings is 1. The van der Waals surface area contributed by atoms with Crippen LogP contribution >= 0.6 is 15.9 Å². The van der Waals surface area contributed by atoms with E-state index >= 15 is 0 Å². The Morgan fingerprint density at radius 3 is 2.16 bits per heavy atom. The summed E-state index contributed by atoms with van der Waals surface area (Å²) >= 11 is 3.72. The summed E-state index contributed by atoms with van der Waals surface area (Å²) in [4.78, 5) is 0.337. The van der Waals surface area contributed by atoms with Gasteiger partial charge in [-0.2, -0.15) is 0 Å². The summed E-state index contributed by atoms with van der Waals surface area (Å²) in [6.07, 6.45) is 2.20. The van der Waals surface area contributed by atoms with E-state index in [-0.39, 0.29) is 0 Å². The van der Waals surface area contributed by atoms with Gasteiger partial charge < -0.3 is 0 Å². The fourth-order valence-corrected chi connectivity index (χ4v) is 5.32. The molecule has 0 bridgehead atoms. The van der Waals surface area contributed by atoms with E-state index in [1.807, 2.05) is 0 Å². The lowest BCUT2D eigenvalue weighted by atomic mass is 10.1. The highest BCUT2D eigenvalue weighted by atomic mass is 79.9. The van der Waals surface area contributed by atoms with Crippen LogP contribution in [0.1, 0.15) is 32.8 Å². The molecule has 1 aromatic carbocycles. The van der Waals surface area contributed by atoms with Crippen molar-refractivity contribution in [2.45, 2.75) is 56.6 Å². The van der Waals surface area contributed by atoms with E-state index in [1.54, 1.807) is 0 Å². The summed E-state index contributed by atoms with van der Waals surface area (Å²) in [5.41, 5.74) is 5.06. The fourth-order valence-electron chi connectivity index (χ4n) is 2.26. The molecule has 0 radical (unpaired) electrons. The summed E-state index contributed by atoms with van der Waals surface area (Å²) in [7, 11) is -1.28. The Bertz CT molecular complexity index is 404. The molecule has 1 unspecified atom stereocenters. The predicted molar refractivity (Wildman–Crippen MR) is 92.5 cm³/mol. The molecule has 0 heterocycles. The third kappa shape index (κ3) is 5.54. The molecule has 0 aliphatic heterocycles. The summed E-state index contributed by atoms with van der Waals surface area (Å²) in [6.45, 7) is 6.92. The van der Waals surface area contributed by atoms with Crippen LogP contribution in [0.3, 0.4) is 0 Å². The summed E-state index contributed by atoms with van der Waals surface area (Å²) < 4.78 is 0. The molecule has 0 nitrogen and oxygen atoms in total. The zero-order valence-corrected chi connectivity index (χ0v) is 15.0. The van der Waals surface area contributed by atoms with Crippen LogP contribution in [0.4, 0.5) is 0 Å². The topological polar surface area (TPSA) is 0 Å². The predicted octanol–water partition coefficient (Wildman–Crippen LogP) is 5.43. The average Bonchev–Trinajstić information content (AvgIpc) is 2.48. The van der Waals surface area contributed by atoms with E-state index in [0.717, 1.165) is 12.8 Å². The Morgan fingerprint density at radius 2 is 1.63 bits per heavy atom. The fraction of sp³-hybridized carbons (Fsp3) is 0.529. The first-order valence-electron chi connectivity index (χ1n) is 7.36. The molecule has 0 aliphatic rings. The van der Waals surface area contributed by atoms with E-state index in [0.29, 0.717) is 4.83 Å². The van der Waals surface area contributed by atoms with Gasteiger partial charge in [-0.25, -0.2) is 0 Å². The molecule has 0 N–H and O–H groups in total. The molecule has 19 heavy (non-hydrogen) atoms. The zero-order valence-electron chi connectivity index (χ0n) is 12.4. The molecule has 0 spiro atoms. The SMILES string of the molecule is CC[Si](C#CC(Br)CCc1ccccc1)(CC)CC. The number of hydrogen-bond donors (Lipinski definition) is 0. The van der Waals surface area contributed by atoms with Crippen LogP contribution in [-0.2, 0) is 6.42 Å². The number of halogens is 1. The number of rotatable bonds is 6. The standard InChI is InChI=1S/C17H25BrSi/c1-4-19(5-2,6-3)15-14-17(18)13-12-16-10-8-7-9-11-16/h7-11,17H,4-6,12-13H2,1-3H3. The van der Waals surface area contributed by atoms with Crippen molar-refractivity contribution in [3.8, 4) is 11.5 Å². The largest absolute Gasteiger partial charge is 0.137 e. The molecule has 1 aromatic rings. The second-order valence-corrected chi connectivity index (χ2v) is 11.1. The lowest BCUT2D eigenvalue weighted by Crippen LogP contribution is -2.29. The van der Waals surface area contributed by atoms with Gasteiger partial charge in [0, 0.05) is 0 Å². The molecule has 1 rings (SSSR count). The van der Waals surface area contributed by atoms with Crippen molar-refractivity contribution < 1.29 is 0 Å². The highest BCUT2D eigenvalue weighted by molar-refractivity contribution is 9.09. The maximum absolute atomic E-state index is 3.72. The van der Waals surface area contributed by atoms with Gasteiger partial charge >= 0.3 is 0 Å². The van der Waals surface area contributed by atoms with Crippen molar-refractivity contribution in [1.29, 1.82) is 0 Å². The van der Waals surface area contributed by atoms with Crippen molar-refractivity contribution in [2.75, 3.05) is 0 Å². The third-order valence-electron chi connectivity index (χ3n) is 4.05. The second kappa shape index (κ2) is 8.61. The van der Waals surface area contributed by atoms with Crippen molar-refractivity contribution in [2.24, 2.45) is 0 Å². The van der Waals surface area contributed by atoms with Gasteiger partial charge in [0.1, 0.15) is 8.07 Å². The molecule has 1 atom stereocenters. The van der Waals surface area contributed by atoms with Gasteiger partial charge in [0.05, 0.1) is 4.83 Å². The minimum Gasteiger partial charge on any atom is -0.130 e. The smallest absolute Gasteiger partial charge is 0.130 e. The number of hydrogen-bond acceptors (Lipinski definition) is 0. The Morgan fingerprint density at radius 1 is 1.05 bits per heavy atom. The molecular formula is C17H25BrSi. The van der Waals surface area contributed by atoms with E-state index in [2.05, 4.69) is 78.5 Å². The molecule has 0 saturated heterocycles. The second-order valence-electron chi connectivity index (χ2n) is 5.10. The van der Waals surface area contributed by atoms with E-state index < -0.39 is 8.07 Å². The van der Waals surface area contributed by atoms with Crippen molar-refractivity contribution >= 4 is 24.0 Å². The zero-order chi connectivity index (χ0) is 14.1. The highest BCUT2D eigenvalue weighted by Crippen LogP contribution is 2.19. The van der Waals surface area contributed by atoms with Crippen LogP contribution in [-0.4, -0.2) is 12.9 Å². The van der Waals surface area contributed by atoms with Gasteiger partial charge in [0.2, 0.25) is 0 Å². The first-order valence-corrected chi connectivity index (χ1v) is 10.9. The van der Waals surface area contributed by atoms with Gasteiger partial charge in [-0.3, -0.25) is 0 Å². The van der Waals surface area contributed by atoms with Gasteiger partial charge in [-0.05, 0) is 36.5 Å². The maximum atomic E-state index is 3.72. The summed E-state index contributed by atoms with van der Waals surface area (Å²) in [5, 5.41) is 0. The van der Waals surface area contributed by atoms with Gasteiger partial charge in [0.15, 0.2) is 0 Å². The Hall–Kier alpha value is -0.523. The average molecular weight is 337 g/mol. The van der Waals surface area contributed by atoms with Gasteiger partial charge in [-0.15, -0.1) is 5.54 Å². The minimum atomic E-state index is -1.28. The Labute approximate surface area is 128 Å². The van der Waals surface area contributed by atoms with Crippen LogP contribution in [0.2, 0.25) is 18.1 Å². The van der Waals surface area contributed by atoms with Crippen molar-refractivity contribution in [3.05, 3.63) is 35.9 Å². The third-order valence-corrected chi connectivity index (χ3v) is 9.48. The molecule has 0 saturated carbocycles. The molecule has 0 fully saturated rings. The Kier molecular flexibility index (Phi) is 7.49. The minimum absolute atomic E-state index is 0.337. The van der Waals surface area contributed by atoms with Crippen LogP contribution in [0, 0.1) is 11.5 Å². The van der Waals surface area contributed by atoms with E-state index in [9.17, 15) is 0 Å². The summed E-state index contributed by atoms with van der Waals surface area (Å²) in [5.74, 6) is 3.47. The van der Waals surface area contributed by atoms with Crippen LogP contribution in [0.15, 0.2) is 30.3 Å². The van der Waals surface area contributed by atoms with Gasteiger partial charge in [-0.1, -0.05) is 73.0 Å². The van der Waals surface area contributed by atoms with Gasteiger partial charge in [0.25, 0.3) is 0 Å². The highest BCUT2D eigenvalue weighted by Gasteiger charge is 2.24. The maximum Gasteiger partial charge on any atom is 0.137 e.